The SMILES string of the molecule is O=C1Nc2ccccc2[C@]12[C@H]([N+](=O)[O-])[C@@H](c1cc(Br)ccc1OCc1cccc(F)c1)[C@H]1CCCN12. The van der Waals surface area contributed by atoms with Gasteiger partial charge in [0, 0.05) is 38.8 Å². The molecule has 6 rings (SSSR count). The summed E-state index contributed by atoms with van der Waals surface area (Å²) in [5.74, 6) is -0.794. The zero-order valence-corrected chi connectivity index (χ0v) is 20.8. The molecule has 0 aromatic heterocycles. The van der Waals surface area contributed by atoms with Crippen molar-refractivity contribution in [1.82, 2.24) is 4.90 Å². The molecule has 4 atom stereocenters. The van der Waals surface area contributed by atoms with Crippen molar-refractivity contribution in [3.63, 3.8) is 0 Å². The van der Waals surface area contributed by atoms with Crippen LogP contribution in [0.15, 0.2) is 71.2 Å². The molecule has 0 radical (unpaired) electrons. The molecule has 1 spiro atoms. The van der Waals surface area contributed by atoms with Gasteiger partial charge in [0.15, 0.2) is 5.54 Å². The maximum Gasteiger partial charge on any atom is 0.256 e. The molecule has 0 bridgehead atoms. The smallest absolute Gasteiger partial charge is 0.256 e. The number of hydrogen-bond donors (Lipinski definition) is 1. The maximum absolute atomic E-state index is 13.7. The highest BCUT2D eigenvalue weighted by Gasteiger charge is 2.73. The number of amides is 1. The van der Waals surface area contributed by atoms with Crippen molar-refractivity contribution >= 4 is 27.5 Å². The average molecular weight is 552 g/mol. The lowest BCUT2D eigenvalue weighted by atomic mass is 9.77. The van der Waals surface area contributed by atoms with E-state index in [-0.39, 0.29) is 29.3 Å². The minimum Gasteiger partial charge on any atom is -0.489 e. The summed E-state index contributed by atoms with van der Waals surface area (Å²) in [6.45, 7) is 0.714. The zero-order valence-electron chi connectivity index (χ0n) is 19.2. The number of hydrogen-bond acceptors (Lipinski definition) is 5. The van der Waals surface area contributed by atoms with Crippen LogP contribution in [0.25, 0.3) is 0 Å². The quantitative estimate of drug-likeness (QED) is 0.347. The van der Waals surface area contributed by atoms with Crippen LogP contribution in [0.5, 0.6) is 5.75 Å². The summed E-state index contributed by atoms with van der Waals surface area (Å²) in [6, 6.07) is 17.5. The second-order valence-corrected chi connectivity index (χ2v) is 10.4. The second-order valence-electron chi connectivity index (χ2n) is 9.53. The molecular formula is C27H23BrFN3O4. The Balaban J connectivity index is 1.48. The van der Waals surface area contributed by atoms with Gasteiger partial charge in [0.1, 0.15) is 18.2 Å². The first-order valence-corrected chi connectivity index (χ1v) is 12.7. The van der Waals surface area contributed by atoms with Crippen LogP contribution in [-0.4, -0.2) is 34.4 Å². The Hall–Kier alpha value is -3.30. The van der Waals surface area contributed by atoms with E-state index in [2.05, 4.69) is 21.2 Å². The lowest BCUT2D eigenvalue weighted by molar-refractivity contribution is -0.534. The summed E-state index contributed by atoms with van der Waals surface area (Å²) in [5.41, 5.74) is 1.21. The van der Waals surface area contributed by atoms with E-state index in [0.29, 0.717) is 34.7 Å². The third-order valence-electron chi connectivity index (χ3n) is 7.71. The number of halogens is 2. The number of ether oxygens (including phenoxy) is 1. The molecule has 0 unspecified atom stereocenters. The standard InChI is InChI=1S/C27H23BrFN3O4/c28-17-10-11-23(36-15-16-5-3-6-18(29)13-16)19(14-17)24-22-9-4-12-31(22)27(25(24)32(34)35)20-7-1-2-8-21(20)30-26(27)33/h1-3,5-8,10-11,13-14,22,24-25H,4,9,12,15H2,(H,30,33)/t22-,24+,25-,27+/m1/s1. The molecule has 2 fully saturated rings. The van der Waals surface area contributed by atoms with Crippen LogP contribution < -0.4 is 10.1 Å². The van der Waals surface area contributed by atoms with Gasteiger partial charge < -0.3 is 10.1 Å². The summed E-state index contributed by atoms with van der Waals surface area (Å²) >= 11 is 3.52. The predicted octanol–water partition coefficient (Wildman–Crippen LogP) is 5.22. The molecule has 7 nitrogen and oxygen atoms in total. The number of benzene rings is 3. The first-order chi connectivity index (χ1) is 17.4. The highest BCUT2D eigenvalue weighted by Crippen LogP contribution is 2.59. The summed E-state index contributed by atoms with van der Waals surface area (Å²) in [5, 5.41) is 15.8. The van der Waals surface area contributed by atoms with E-state index in [1.807, 2.05) is 35.2 Å². The largest absolute Gasteiger partial charge is 0.489 e. The van der Waals surface area contributed by atoms with Crippen molar-refractivity contribution in [1.29, 1.82) is 0 Å². The van der Waals surface area contributed by atoms with Gasteiger partial charge in [0.25, 0.3) is 11.9 Å². The van der Waals surface area contributed by atoms with E-state index < -0.39 is 17.5 Å². The molecule has 3 aromatic carbocycles. The Labute approximate surface area is 215 Å². The molecule has 3 heterocycles. The number of fused-ring (bicyclic) bond motifs is 4. The van der Waals surface area contributed by atoms with Crippen LogP contribution in [0.1, 0.15) is 35.4 Å². The topological polar surface area (TPSA) is 84.7 Å². The maximum atomic E-state index is 13.7. The summed E-state index contributed by atoms with van der Waals surface area (Å²) in [4.78, 5) is 28.3. The highest BCUT2D eigenvalue weighted by atomic mass is 79.9. The van der Waals surface area contributed by atoms with E-state index in [9.17, 15) is 19.3 Å². The van der Waals surface area contributed by atoms with E-state index >= 15 is 0 Å². The molecule has 3 aliphatic rings. The second kappa shape index (κ2) is 8.67. The molecule has 3 aromatic rings. The molecule has 1 amide bonds. The summed E-state index contributed by atoms with van der Waals surface area (Å²) < 4.78 is 20.6. The lowest BCUT2D eigenvalue weighted by Crippen LogP contribution is -2.55. The molecule has 2 saturated heterocycles. The highest BCUT2D eigenvalue weighted by molar-refractivity contribution is 9.10. The molecule has 0 saturated carbocycles. The van der Waals surface area contributed by atoms with Gasteiger partial charge in [-0.05, 0) is 54.8 Å². The fraction of sp³-hybridized carbons (Fsp3) is 0.296. The van der Waals surface area contributed by atoms with Gasteiger partial charge in [-0.3, -0.25) is 19.8 Å². The van der Waals surface area contributed by atoms with Gasteiger partial charge in [-0.1, -0.05) is 46.3 Å². The Bertz CT molecular complexity index is 1380. The van der Waals surface area contributed by atoms with Gasteiger partial charge in [0.2, 0.25) is 0 Å². The van der Waals surface area contributed by atoms with Crippen LogP contribution in [0.2, 0.25) is 0 Å². The van der Waals surface area contributed by atoms with Gasteiger partial charge in [-0.2, -0.15) is 0 Å². The van der Waals surface area contributed by atoms with Crippen molar-refractivity contribution < 1.29 is 18.8 Å². The Morgan fingerprint density at radius 1 is 1.17 bits per heavy atom. The number of carbonyl (C=O) groups excluding carboxylic acids is 1. The van der Waals surface area contributed by atoms with E-state index in [0.717, 1.165) is 17.3 Å². The lowest BCUT2D eigenvalue weighted by Gasteiger charge is -2.32. The monoisotopic (exact) mass is 551 g/mol. The van der Waals surface area contributed by atoms with Gasteiger partial charge >= 0.3 is 0 Å². The number of anilines is 1. The fourth-order valence-electron chi connectivity index (χ4n) is 6.45. The van der Waals surface area contributed by atoms with Crippen LogP contribution in [0.4, 0.5) is 10.1 Å². The third kappa shape index (κ3) is 3.37. The van der Waals surface area contributed by atoms with Crippen LogP contribution in [-0.2, 0) is 16.9 Å². The minimum absolute atomic E-state index is 0.116. The molecule has 0 aliphatic carbocycles. The Morgan fingerprint density at radius 2 is 2.00 bits per heavy atom. The third-order valence-corrected chi connectivity index (χ3v) is 8.20. The van der Waals surface area contributed by atoms with Crippen LogP contribution in [0.3, 0.4) is 0 Å². The van der Waals surface area contributed by atoms with Crippen LogP contribution in [0, 0.1) is 15.9 Å². The van der Waals surface area contributed by atoms with Crippen LogP contribution >= 0.6 is 15.9 Å². The number of rotatable bonds is 5. The van der Waals surface area contributed by atoms with Crippen molar-refractivity contribution in [3.05, 3.63) is 104 Å². The molecule has 9 heteroatoms. The number of para-hydroxylation sites is 1. The number of nitro groups is 1. The first kappa shape index (κ1) is 23.1. The van der Waals surface area contributed by atoms with Gasteiger partial charge in [0.05, 0.1) is 5.92 Å². The molecule has 36 heavy (non-hydrogen) atoms. The molecule has 184 valence electrons. The summed E-state index contributed by atoms with van der Waals surface area (Å²) in [6.07, 6.45) is 1.58. The number of nitrogens with zero attached hydrogens (tertiary/aromatic N) is 2. The van der Waals surface area contributed by atoms with Crippen molar-refractivity contribution in [2.75, 3.05) is 11.9 Å². The Morgan fingerprint density at radius 3 is 2.81 bits per heavy atom. The number of carbonyl (C=O) groups is 1. The fourth-order valence-corrected chi connectivity index (χ4v) is 6.83. The molecule has 3 aliphatic heterocycles. The Kier molecular flexibility index (Phi) is 5.57. The van der Waals surface area contributed by atoms with Gasteiger partial charge in [-0.25, -0.2) is 4.39 Å². The van der Waals surface area contributed by atoms with Crippen molar-refractivity contribution in [3.8, 4) is 5.75 Å². The van der Waals surface area contributed by atoms with E-state index in [1.54, 1.807) is 24.3 Å². The predicted molar refractivity (Wildman–Crippen MR) is 135 cm³/mol. The summed E-state index contributed by atoms with van der Waals surface area (Å²) in [7, 11) is 0. The van der Waals surface area contributed by atoms with E-state index in [4.69, 9.17) is 4.74 Å². The molecular weight excluding hydrogens is 529 g/mol. The average Bonchev–Trinajstić information content (AvgIpc) is 3.51. The van der Waals surface area contributed by atoms with E-state index in [1.165, 1.54) is 12.1 Å². The minimum atomic E-state index is -1.39. The number of nitrogens with one attached hydrogen (secondary N) is 1. The normalized spacial score (nSPS) is 26.6. The molecule has 1 N–H and O–H groups in total. The van der Waals surface area contributed by atoms with Crippen molar-refractivity contribution in [2.45, 2.75) is 43.0 Å². The van der Waals surface area contributed by atoms with Gasteiger partial charge in [-0.15, -0.1) is 0 Å². The zero-order chi connectivity index (χ0) is 25.0. The first-order valence-electron chi connectivity index (χ1n) is 11.9. The van der Waals surface area contributed by atoms with Crippen molar-refractivity contribution in [2.24, 2.45) is 0 Å².